The molecule has 0 bridgehead atoms. The van der Waals surface area contributed by atoms with Gasteiger partial charge in [0.25, 0.3) is 0 Å². The molecule has 0 aromatic carbocycles. The highest BCUT2D eigenvalue weighted by molar-refractivity contribution is 7.48. The van der Waals surface area contributed by atoms with Gasteiger partial charge in [-0.2, -0.15) is 9.97 Å². The molecule has 12 nitrogen and oxygen atoms in total. The van der Waals surface area contributed by atoms with Crippen LogP contribution in [0.25, 0.3) is 11.2 Å². The molecule has 29 heavy (non-hydrogen) atoms. The second-order valence-electron chi connectivity index (χ2n) is 7.42. The monoisotopic (exact) mass is 427 g/mol. The topological polar surface area (TPSA) is 142 Å². The molecule has 0 aliphatic carbocycles. The summed E-state index contributed by atoms with van der Waals surface area (Å²) in [6.45, 7) is 4.10. The standard InChI is InChI=1S/C16H22N5O7P/c1-8(2)27-29(22)25-6-9-11(28-29)16(4-5-24-16)14(26-9)21-7-18-10-12(21)19-15(17)20-13(10)23-3/h7-9,11,14H,4-6H2,1-3H3,(H2,17,19,20)/t9?,11-,14?,16-,29?/m1/s1. The molecule has 3 aliphatic rings. The Morgan fingerprint density at radius 2 is 2.21 bits per heavy atom. The maximum absolute atomic E-state index is 12.9. The summed E-state index contributed by atoms with van der Waals surface area (Å²) in [6, 6.07) is 0. The lowest BCUT2D eigenvalue weighted by Gasteiger charge is -2.46. The number of hydrogen-bond donors (Lipinski definition) is 1. The summed E-state index contributed by atoms with van der Waals surface area (Å²) in [6.07, 6.45) is 0.133. The van der Waals surface area contributed by atoms with Crippen LogP contribution in [0, 0.1) is 0 Å². The van der Waals surface area contributed by atoms with E-state index in [0.29, 0.717) is 24.2 Å². The third-order valence-corrected chi connectivity index (χ3v) is 6.87. The zero-order valence-electron chi connectivity index (χ0n) is 16.2. The van der Waals surface area contributed by atoms with Crippen molar-refractivity contribution in [1.29, 1.82) is 0 Å². The van der Waals surface area contributed by atoms with E-state index in [4.69, 9.17) is 33.5 Å². The second-order valence-corrected chi connectivity index (χ2v) is 8.99. The van der Waals surface area contributed by atoms with Crippen molar-refractivity contribution < 1.29 is 32.3 Å². The number of nitrogens with two attached hydrogens (primary N) is 1. The van der Waals surface area contributed by atoms with Crippen molar-refractivity contribution in [2.24, 2.45) is 0 Å². The van der Waals surface area contributed by atoms with Crippen molar-refractivity contribution in [3.8, 4) is 5.88 Å². The Kier molecular flexibility index (Phi) is 4.36. The highest BCUT2D eigenvalue weighted by Crippen LogP contribution is 2.62. The molecular formula is C16H22N5O7P. The van der Waals surface area contributed by atoms with E-state index >= 15 is 0 Å². The lowest BCUT2D eigenvalue weighted by molar-refractivity contribution is -0.224. The van der Waals surface area contributed by atoms with E-state index in [1.54, 1.807) is 24.7 Å². The van der Waals surface area contributed by atoms with Gasteiger partial charge in [0.1, 0.15) is 17.8 Å². The number of hydrogen-bond acceptors (Lipinski definition) is 11. The lowest BCUT2D eigenvalue weighted by Crippen LogP contribution is -2.58. The third kappa shape index (κ3) is 2.86. The van der Waals surface area contributed by atoms with E-state index in [0.717, 1.165) is 0 Å². The van der Waals surface area contributed by atoms with Gasteiger partial charge in [-0.05, 0) is 13.8 Å². The Balaban J connectivity index is 1.54. The largest absolute Gasteiger partial charge is 0.479 e. The SMILES string of the molecule is COc1nc(N)nc2c1ncn2C1OC2COP(=O)(OC(C)C)O[C@H]2[C@]12CCO2. The highest BCUT2D eigenvalue weighted by atomic mass is 31.2. The molecule has 5 rings (SSSR count). The summed E-state index contributed by atoms with van der Waals surface area (Å²) in [4.78, 5) is 12.7. The predicted molar refractivity (Wildman–Crippen MR) is 98.1 cm³/mol. The van der Waals surface area contributed by atoms with E-state index in [2.05, 4.69) is 15.0 Å². The third-order valence-electron chi connectivity index (χ3n) is 5.24. The van der Waals surface area contributed by atoms with Crippen molar-refractivity contribution in [3.63, 3.8) is 0 Å². The molecular weight excluding hydrogens is 405 g/mol. The molecule has 2 aromatic rings. The molecule has 0 amide bonds. The average Bonchev–Trinajstić information content (AvgIpc) is 3.17. The van der Waals surface area contributed by atoms with E-state index in [1.165, 1.54) is 7.11 Å². The van der Waals surface area contributed by atoms with E-state index in [-0.39, 0.29) is 24.5 Å². The van der Waals surface area contributed by atoms with E-state index in [1.807, 2.05) is 0 Å². The number of ether oxygens (including phenoxy) is 3. The lowest BCUT2D eigenvalue weighted by atomic mass is 9.86. The first-order valence-corrected chi connectivity index (χ1v) is 10.8. The van der Waals surface area contributed by atoms with Crippen LogP contribution < -0.4 is 10.5 Å². The minimum absolute atomic E-state index is 0.0458. The quantitative estimate of drug-likeness (QED) is 0.708. The molecule has 2 aromatic heterocycles. The zero-order valence-corrected chi connectivity index (χ0v) is 17.1. The number of phosphoric acid groups is 1. The second kappa shape index (κ2) is 6.59. The Hall–Kier alpha value is -1.82. The molecule has 2 N–H and O–H groups in total. The van der Waals surface area contributed by atoms with Gasteiger partial charge in [-0.1, -0.05) is 0 Å². The van der Waals surface area contributed by atoms with Gasteiger partial charge in [0, 0.05) is 6.42 Å². The van der Waals surface area contributed by atoms with Gasteiger partial charge in [-0.25, -0.2) is 9.55 Å². The number of fused-ring (bicyclic) bond motifs is 3. The summed E-state index contributed by atoms with van der Waals surface area (Å²) >= 11 is 0. The number of nitrogen functional groups attached to an aromatic ring is 1. The Labute approximate surface area is 166 Å². The normalized spacial score (nSPS) is 36.5. The van der Waals surface area contributed by atoms with Crippen molar-refractivity contribution in [2.45, 2.75) is 50.4 Å². The first kappa shape index (κ1) is 19.2. The molecule has 1 spiro atoms. The van der Waals surface area contributed by atoms with Crippen LogP contribution in [-0.2, 0) is 27.6 Å². The molecule has 5 atom stereocenters. The van der Waals surface area contributed by atoms with Gasteiger partial charge < -0.3 is 19.9 Å². The maximum Gasteiger partial charge on any atom is 0.475 e. The highest BCUT2D eigenvalue weighted by Gasteiger charge is 2.66. The Morgan fingerprint density at radius 3 is 2.86 bits per heavy atom. The minimum Gasteiger partial charge on any atom is -0.479 e. The molecule has 158 valence electrons. The van der Waals surface area contributed by atoms with Crippen LogP contribution in [-0.4, -0.2) is 63.8 Å². The van der Waals surface area contributed by atoms with Gasteiger partial charge in [-0.15, -0.1) is 0 Å². The first-order chi connectivity index (χ1) is 13.8. The Morgan fingerprint density at radius 1 is 1.41 bits per heavy atom. The minimum atomic E-state index is -3.72. The molecule has 3 unspecified atom stereocenters. The van der Waals surface area contributed by atoms with E-state index < -0.39 is 31.9 Å². The van der Waals surface area contributed by atoms with Gasteiger partial charge in [0.2, 0.25) is 11.8 Å². The van der Waals surface area contributed by atoms with Crippen LogP contribution >= 0.6 is 7.82 Å². The van der Waals surface area contributed by atoms with Crippen LogP contribution in [0.1, 0.15) is 26.5 Å². The first-order valence-electron chi connectivity index (χ1n) is 9.30. The maximum atomic E-state index is 12.9. The van der Waals surface area contributed by atoms with Crippen LogP contribution in [0.2, 0.25) is 0 Å². The van der Waals surface area contributed by atoms with Crippen LogP contribution in [0.3, 0.4) is 0 Å². The van der Waals surface area contributed by atoms with Gasteiger partial charge in [0.15, 0.2) is 17.4 Å². The Bertz CT molecular complexity index is 993. The molecule has 3 saturated heterocycles. The van der Waals surface area contributed by atoms with Crippen LogP contribution in [0.15, 0.2) is 6.33 Å². The number of aromatic nitrogens is 4. The number of nitrogens with zero attached hydrogens (tertiary/aromatic N) is 4. The van der Waals surface area contributed by atoms with Gasteiger partial charge >= 0.3 is 7.82 Å². The molecule has 3 fully saturated rings. The van der Waals surface area contributed by atoms with Crippen molar-refractivity contribution in [1.82, 2.24) is 19.5 Å². The fourth-order valence-electron chi connectivity index (χ4n) is 4.02. The van der Waals surface area contributed by atoms with Crippen LogP contribution in [0.5, 0.6) is 5.88 Å². The summed E-state index contributed by atoms with van der Waals surface area (Å²) in [5.41, 5.74) is 5.84. The smallest absolute Gasteiger partial charge is 0.475 e. The predicted octanol–water partition coefficient (Wildman–Crippen LogP) is 1.42. The zero-order chi connectivity index (χ0) is 20.4. The fourth-order valence-corrected chi connectivity index (χ4v) is 5.63. The van der Waals surface area contributed by atoms with E-state index in [9.17, 15) is 4.57 Å². The molecule has 0 saturated carbocycles. The van der Waals surface area contributed by atoms with Gasteiger partial charge in [-0.3, -0.25) is 18.1 Å². The summed E-state index contributed by atoms with van der Waals surface area (Å²) in [5.74, 6) is 0.309. The van der Waals surface area contributed by atoms with Crippen LogP contribution in [0.4, 0.5) is 5.95 Å². The molecule has 13 heteroatoms. The average molecular weight is 427 g/mol. The molecule has 5 heterocycles. The van der Waals surface area contributed by atoms with Crippen molar-refractivity contribution in [2.75, 3.05) is 26.1 Å². The number of rotatable bonds is 4. The van der Waals surface area contributed by atoms with Gasteiger partial charge in [0.05, 0.1) is 32.8 Å². The molecule has 0 radical (unpaired) electrons. The fraction of sp³-hybridized carbons (Fsp3) is 0.688. The number of anilines is 1. The number of methoxy groups -OCH3 is 1. The summed E-state index contributed by atoms with van der Waals surface area (Å²) in [7, 11) is -2.24. The molecule has 3 aliphatic heterocycles. The van der Waals surface area contributed by atoms with Crippen molar-refractivity contribution >= 4 is 24.9 Å². The number of phosphoric ester groups is 1. The number of imidazole rings is 1. The summed E-state index contributed by atoms with van der Waals surface area (Å²) in [5, 5.41) is 0. The summed E-state index contributed by atoms with van der Waals surface area (Å²) < 4.78 is 48.7. The van der Waals surface area contributed by atoms with Crippen molar-refractivity contribution in [3.05, 3.63) is 6.33 Å².